The Labute approximate surface area is 123 Å². The van der Waals surface area contributed by atoms with Gasteiger partial charge in [0, 0.05) is 17.3 Å². The number of hydrogen-bond donors (Lipinski definition) is 2. The summed E-state index contributed by atoms with van der Waals surface area (Å²) >= 11 is 0. The average Bonchev–Trinajstić information content (AvgIpc) is 2.45. The van der Waals surface area contributed by atoms with Crippen LogP contribution in [0.4, 0.5) is 20.2 Å². The summed E-state index contributed by atoms with van der Waals surface area (Å²) in [4.78, 5) is 23.2. The molecule has 112 valence electrons. The highest BCUT2D eigenvalue weighted by Gasteiger charge is 2.17. The Morgan fingerprint density at radius 1 is 1.14 bits per heavy atom. The van der Waals surface area contributed by atoms with Crippen LogP contribution in [0.5, 0.6) is 5.75 Å². The molecule has 5 nitrogen and oxygen atoms in total. The summed E-state index contributed by atoms with van der Waals surface area (Å²) in [6, 6.07) is 7.19. The van der Waals surface area contributed by atoms with E-state index in [1.807, 2.05) is 0 Å². The van der Waals surface area contributed by atoms with Gasteiger partial charge in [0.05, 0.1) is 5.69 Å². The number of carbonyl (C=O) groups excluding carboxylic acids is 2. The van der Waals surface area contributed by atoms with E-state index in [1.165, 1.54) is 6.07 Å². The summed E-state index contributed by atoms with van der Waals surface area (Å²) in [5, 5.41) is 5.09. The van der Waals surface area contributed by atoms with Crippen molar-refractivity contribution in [2.24, 2.45) is 0 Å². The van der Waals surface area contributed by atoms with Crippen LogP contribution in [0, 0.1) is 11.6 Å². The molecule has 0 aliphatic carbocycles. The van der Waals surface area contributed by atoms with E-state index in [1.54, 1.807) is 12.1 Å². The Morgan fingerprint density at radius 3 is 2.59 bits per heavy atom. The van der Waals surface area contributed by atoms with Crippen molar-refractivity contribution in [1.82, 2.24) is 0 Å². The third-order valence-corrected chi connectivity index (χ3v) is 3.00. The lowest BCUT2D eigenvalue weighted by Crippen LogP contribution is -2.25. The maximum absolute atomic E-state index is 13.1. The number of halogens is 2. The normalized spacial score (nSPS) is 12.9. The zero-order valence-electron chi connectivity index (χ0n) is 11.2. The molecule has 0 spiro atoms. The van der Waals surface area contributed by atoms with Gasteiger partial charge < -0.3 is 15.4 Å². The molecule has 0 bridgehead atoms. The third kappa shape index (κ3) is 2.88. The fourth-order valence-corrected chi connectivity index (χ4v) is 2.05. The molecule has 2 amide bonds. The molecule has 2 aromatic rings. The Bertz CT molecular complexity index is 757. The summed E-state index contributed by atoms with van der Waals surface area (Å²) in [5.74, 6) is -2.16. The van der Waals surface area contributed by atoms with Gasteiger partial charge in [0.25, 0.3) is 11.8 Å². The molecular formula is C15H10F2N2O3. The summed E-state index contributed by atoms with van der Waals surface area (Å²) in [5.41, 5.74) is 0.634. The van der Waals surface area contributed by atoms with E-state index < -0.39 is 17.5 Å². The number of hydrogen-bond acceptors (Lipinski definition) is 3. The molecule has 2 aromatic carbocycles. The van der Waals surface area contributed by atoms with Gasteiger partial charge in [-0.15, -0.1) is 0 Å². The van der Waals surface area contributed by atoms with Crippen LogP contribution in [0.2, 0.25) is 0 Å². The van der Waals surface area contributed by atoms with Crippen molar-refractivity contribution >= 4 is 23.2 Å². The van der Waals surface area contributed by atoms with Crippen LogP contribution in [-0.4, -0.2) is 18.4 Å². The molecule has 1 aliphatic heterocycles. The highest BCUT2D eigenvalue weighted by Crippen LogP contribution is 2.30. The van der Waals surface area contributed by atoms with Crippen LogP contribution < -0.4 is 15.4 Å². The first kappa shape index (κ1) is 14.0. The van der Waals surface area contributed by atoms with Crippen LogP contribution in [0.3, 0.4) is 0 Å². The largest absolute Gasteiger partial charge is 0.482 e. The molecule has 0 unspecified atom stereocenters. The molecule has 0 aromatic heterocycles. The standard InChI is InChI=1S/C15H10F2N2O3/c16-9-3-8(4-10(17)5-9)15(21)18-11-1-2-13-12(6-11)19-14(20)7-22-13/h1-6H,7H2,(H,18,21)(H,19,20). The second-order valence-corrected chi connectivity index (χ2v) is 4.66. The van der Waals surface area contributed by atoms with E-state index in [-0.39, 0.29) is 18.1 Å². The first-order valence-corrected chi connectivity index (χ1v) is 6.35. The molecule has 22 heavy (non-hydrogen) atoms. The second kappa shape index (κ2) is 5.44. The summed E-state index contributed by atoms with van der Waals surface area (Å²) in [7, 11) is 0. The molecule has 7 heteroatoms. The first-order valence-electron chi connectivity index (χ1n) is 6.35. The van der Waals surface area contributed by atoms with Crippen LogP contribution in [0.1, 0.15) is 10.4 Å². The van der Waals surface area contributed by atoms with Crippen LogP contribution in [-0.2, 0) is 4.79 Å². The fourth-order valence-electron chi connectivity index (χ4n) is 2.05. The number of anilines is 2. The summed E-state index contributed by atoms with van der Waals surface area (Å²) < 4.78 is 31.4. The number of amides is 2. The van der Waals surface area contributed by atoms with Gasteiger partial charge in [0.1, 0.15) is 17.4 Å². The molecule has 0 atom stereocenters. The van der Waals surface area contributed by atoms with Crippen molar-refractivity contribution in [3.05, 3.63) is 53.6 Å². The maximum Gasteiger partial charge on any atom is 0.262 e. The molecule has 0 radical (unpaired) electrons. The maximum atomic E-state index is 13.1. The lowest BCUT2D eigenvalue weighted by atomic mass is 10.2. The molecule has 0 saturated carbocycles. The zero-order valence-corrected chi connectivity index (χ0v) is 11.2. The Balaban J connectivity index is 1.82. The van der Waals surface area contributed by atoms with Gasteiger partial charge in [-0.25, -0.2) is 8.78 Å². The topological polar surface area (TPSA) is 67.4 Å². The molecule has 0 saturated heterocycles. The molecule has 3 rings (SSSR count). The van der Waals surface area contributed by atoms with Crippen molar-refractivity contribution in [3.8, 4) is 5.75 Å². The monoisotopic (exact) mass is 304 g/mol. The minimum absolute atomic E-state index is 0.0682. The van der Waals surface area contributed by atoms with Crippen LogP contribution in [0.15, 0.2) is 36.4 Å². The van der Waals surface area contributed by atoms with Crippen molar-refractivity contribution in [2.75, 3.05) is 17.2 Å². The van der Waals surface area contributed by atoms with Gasteiger partial charge >= 0.3 is 0 Å². The number of benzene rings is 2. The number of nitrogens with one attached hydrogen (secondary N) is 2. The second-order valence-electron chi connectivity index (χ2n) is 4.66. The lowest BCUT2D eigenvalue weighted by molar-refractivity contribution is -0.118. The van der Waals surface area contributed by atoms with Gasteiger partial charge in [0.2, 0.25) is 0 Å². The lowest BCUT2D eigenvalue weighted by Gasteiger charge is -2.18. The minimum Gasteiger partial charge on any atom is -0.482 e. The number of fused-ring (bicyclic) bond motifs is 1. The molecule has 0 fully saturated rings. The summed E-state index contributed by atoms with van der Waals surface area (Å²) in [6.45, 7) is -0.0682. The van der Waals surface area contributed by atoms with Gasteiger partial charge in [-0.3, -0.25) is 9.59 Å². The van der Waals surface area contributed by atoms with E-state index in [0.717, 1.165) is 12.1 Å². The van der Waals surface area contributed by atoms with Crippen LogP contribution in [0.25, 0.3) is 0 Å². The third-order valence-electron chi connectivity index (χ3n) is 3.00. The van der Waals surface area contributed by atoms with Crippen LogP contribution >= 0.6 is 0 Å². The Morgan fingerprint density at radius 2 is 1.86 bits per heavy atom. The highest BCUT2D eigenvalue weighted by atomic mass is 19.1. The van der Waals surface area contributed by atoms with Crippen molar-refractivity contribution in [2.45, 2.75) is 0 Å². The SMILES string of the molecule is O=C1COc2ccc(NC(=O)c3cc(F)cc(F)c3)cc2N1. The van der Waals surface area contributed by atoms with E-state index in [9.17, 15) is 18.4 Å². The highest BCUT2D eigenvalue weighted by molar-refractivity contribution is 6.05. The van der Waals surface area contributed by atoms with E-state index in [4.69, 9.17) is 4.74 Å². The fraction of sp³-hybridized carbons (Fsp3) is 0.0667. The molecule has 1 aliphatic rings. The quantitative estimate of drug-likeness (QED) is 0.896. The Hall–Kier alpha value is -2.96. The van der Waals surface area contributed by atoms with E-state index in [2.05, 4.69) is 10.6 Å². The number of carbonyl (C=O) groups is 2. The zero-order chi connectivity index (χ0) is 15.7. The van der Waals surface area contributed by atoms with E-state index in [0.29, 0.717) is 23.2 Å². The van der Waals surface area contributed by atoms with Gasteiger partial charge in [0.15, 0.2) is 6.61 Å². The summed E-state index contributed by atoms with van der Waals surface area (Å²) in [6.07, 6.45) is 0. The number of rotatable bonds is 2. The van der Waals surface area contributed by atoms with Gasteiger partial charge in [-0.05, 0) is 30.3 Å². The number of ether oxygens (including phenoxy) is 1. The predicted molar refractivity (Wildman–Crippen MR) is 74.9 cm³/mol. The van der Waals surface area contributed by atoms with Gasteiger partial charge in [-0.1, -0.05) is 0 Å². The van der Waals surface area contributed by atoms with Gasteiger partial charge in [-0.2, -0.15) is 0 Å². The smallest absolute Gasteiger partial charge is 0.262 e. The molecule has 2 N–H and O–H groups in total. The van der Waals surface area contributed by atoms with Crippen molar-refractivity contribution < 1.29 is 23.1 Å². The van der Waals surface area contributed by atoms with E-state index >= 15 is 0 Å². The average molecular weight is 304 g/mol. The van der Waals surface area contributed by atoms with Crippen molar-refractivity contribution in [1.29, 1.82) is 0 Å². The minimum atomic E-state index is -0.837. The first-order chi connectivity index (χ1) is 10.5. The van der Waals surface area contributed by atoms with Crippen molar-refractivity contribution in [3.63, 3.8) is 0 Å². The molecule has 1 heterocycles. The Kier molecular flexibility index (Phi) is 3.46. The molecular weight excluding hydrogens is 294 g/mol. The predicted octanol–water partition coefficient (Wildman–Crippen LogP) is 2.55.